The highest BCUT2D eigenvalue weighted by atomic mass is 35.5. The predicted octanol–water partition coefficient (Wildman–Crippen LogP) is 5.84. The molecule has 3 rings (SSSR count). The van der Waals surface area contributed by atoms with Crippen molar-refractivity contribution in [3.63, 3.8) is 0 Å². The fraction of sp³-hybridized carbons (Fsp3) is 0.667. The normalized spacial score (nSPS) is 21.4. The molecule has 1 amide bonds. The number of halogens is 1. The zero-order valence-electron chi connectivity index (χ0n) is 14.6. The van der Waals surface area contributed by atoms with Crippen molar-refractivity contribution in [3.05, 3.63) is 34.9 Å². The van der Waals surface area contributed by atoms with Gasteiger partial charge < -0.3 is 5.32 Å². The summed E-state index contributed by atoms with van der Waals surface area (Å²) in [4.78, 5) is 12.7. The van der Waals surface area contributed by atoms with E-state index in [4.69, 9.17) is 11.6 Å². The summed E-state index contributed by atoms with van der Waals surface area (Å²) in [6.45, 7) is 0. The molecule has 0 saturated heterocycles. The first-order valence-corrected chi connectivity index (χ1v) is 10.1. The zero-order chi connectivity index (χ0) is 16.8. The molecule has 3 heteroatoms. The third-order valence-corrected chi connectivity index (χ3v) is 6.14. The van der Waals surface area contributed by atoms with E-state index >= 15 is 0 Å². The molecule has 132 valence electrons. The van der Waals surface area contributed by atoms with E-state index < -0.39 is 0 Å². The minimum absolute atomic E-state index is 0.243. The van der Waals surface area contributed by atoms with Gasteiger partial charge in [-0.05, 0) is 55.2 Å². The first-order chi connectivity index (χ1) is 11.7. The Morgan fingerprint density at radius 3 is 2.17 bits per heavy atom. The second-order valence-corrected chi connectivity index (χ2v) is 8.10. The third kappa shape index (κ3) is 4.99. The van der Waals surface area contributed by atoms with Crippen LogP contribution >= 0.6 is 11.6 Å². The van der Waals surface area contributed by atoms with E-state index in [9.17, 15) is 4.79 Å². The molecule has 0 heterocycles. The van der Waals surface area contributed by atoms with Gasteiger partial charge >= 0.3 is 0 Å². The molecule has 1 atom stereocenters. The van der Waals surface area contributed by atoms with Crippen molar-refractivity contribution in [1.82, 2.24) is 5.32 Å². The van der Waals surface area contributed by atoms with E-state index in [1.54, 1.807) is 0 Å². The first-order valence-electron chi connectivity index (χ1n) is 9.77. The van der Waals surface area contributed by atoms with Gasteiger partial charge in [-0.25, -0.2) is 0 Å². The fourth-order valence-electron chi connectivity index (χ4n) is 4.54. The molecule has 24 heavy (non-hydrogen) atoms. The molecule has 0 radical (unpaired) electrons. The smallest absolute Gasteiger partial charge is 0.220 e. The number of rotatable bonds is 5. The van der Waals surface area contributed by atoms with Crippen LogP contribution in [0.2, 0.25) is 5.02 Å². The van der Waals surface area contributed by atoms with Crippen LogP contribution in [0.5, 0.6) is 0 Å². The standard InChI is InChI=1S/C21H30ClNO/c22-18-13-11-17(12-14-18)20(16-7-3-1-4-8-16)15-21(24)23-19-9-5-2-6-10-19/h11-14,16,19-20H,1-10,15H2,(H,23,24). The van der Waals surface area contributed by atoms with E-state index in [0.717, 1.165) is 17.9 Å². The molecule has 1 aromatic rings. The highest BCUT2D eigenvalue weighted by Crippen LogP contribution is 2.38. The maximum atomic E-state index is 12.7. The lowest BCUT2D eigenvalue weighted by Gasteiger charge is -2.31. The SMILES string of the molecule is O=C(CC(c1ccc(Cl)cc1)C1CCCCC1)NC1CCCCC1. The van der Waals surface area contributed by atoms with Crippen molar-refractivity contribution in [2.24, 2.45) is 5.92 Å². The second kappa shape index (κ2) is 8.89. The van der Waals surface area contributed by atoms with Crippen molar-refractivity contribution in [2.75, 3.05) is 0 Å². The molecule has 1 N–H and O–H groups in total. The van der Waals surface area contributed by atoms with Gasteiger partial charge in [-0.1, -0.05) is 62.3 Å². The highest BCUT2D eigenvalue weighted by Gasteiger charge is 2.28. The van der Waals surface area contributed by atoms with Crippen molar-refractivity contribution in [1.29, 1.82) is 0 Å². The maximum Gasteiger partial charge on any atom is 0.220 e. The summed E-state index contributed by atoms with van der Waals surface area (Å²) in [7, 11) is 0. The summed E-state index contributed by atoms with van der Waals surface area (Å²) in [6, 6.07) is 8.58. The number of hydrogen-bond acceptors (Lipinski definition) is 1. The van der Waals surface area contributed by atoms with Gasteiger partial charge in [0.25, 0.3) is 0 Å². The molecule has 0 spiro atoms. The summed E-state index contributed by atoms with van der Waals surface area (Å²) < 4.78 is 0. The number of carbonyl (C=O) groups excluding carboxylic acids is 1. The Balaban J connectivity index is 1.66. The van der Waals surface area contributed by atoms with Crippen LogP contribution in [-0.2, 0) is 4.79 Å². The van der Waals surface area contributed by atoms with Crippen LogP contribution in [0.25, 0.3) is 0 Å². The van der Waals surface area contributed by atoms with Crippen LogP contribution in [0.3, 0.4) is 0 Å². The lowest BCUT2D eigenvalue weighted by molar-refractivity contribution is -0.122. The molecule has 1 unspecified atom stereocenters. The molecule has 1 aromatic carbocycles. The lowest BCUT2D eigenvalue weighted by Crippen LogP contribution is -2.37. The molecule has 2 aliphatic rings. The molecular weight excluding hydrogens is 318 g/mol. The third-order valence-electron chi connectivity index (χ3n) is 5.89. The number of benzene rings is 1. The largest absolute Gasteiger partial charge is 0.353 e. The minimum Gasteiger partial charge on any atom is -0.353 e. The number of amides is 1. The molecule has 2 fully saturated rings. The Labute approximate surface area is 151 Å². The molecule has 0 bridgehead atoms. The lowest BCUT2D eigenvalue weighted by atomic mass is 9.75. The van der Waals surface area contributed by atoms with E-state index in [1.807, 2.05) is 12.1 Å². The summed E-state index contributed by atoms with van der Waals surface area (Å²) in [5, 5.41) is 4.08. The maximum absolute atomic E-state index is 12.7. The van der Waals surface area contributed by atoms with Gasteiger partial charge in [0.05, 0.1) is 0 Å². The predicted molar refractivity (Wildman–Crippen MR) is 100 cm³/mol. The fourth-order valence-corrected chi connectivity index (χ4v) is 4.66. The van der Waals surface area contributed by atoms with Crippen LogP contribution in [-0.4, -0.2) is 11.9 Å². The number of carbonyl (C=O) groups is 1. The van der Waals surface area contributed by atoms with Gasteiger partial charge in [-0.15, -0.1) is 0 Å². The molecule has 0 aromatic heterocycles. The Kier molecular flexibility index (Phi) is 6.59. The van der Waals surface area contributed by atoms with Crippen molar-refractivity contribution in [2.45, 2.75) is 82.6 Å². The van der Waals surface area contributed by atoms with Gasteiger partial charge in [0.1, 0.15) is 0 Å². The van der Waals surface area contributed by atoms with Crippen molar-refractivity contribution in [3.8, 4) is 0 Å². The van der Waals surface area contributed by atoms with Crippen LogP contribution in [0.1, 0.15) is 82.1 Å². The first kappa shape index (κ1) is 17.8. The van der Waals surface area contributed by atoms with Crippen LogP contribution < -0.4 is 5.32 Å². The zero-order valence-corrected chi connectivity index (χ0v) is 15.4. The van der Waals surface area contributed by atoms with Crippen LogP contribution in [0.15, 0.2) is 24.3 Å². The van der Waals surface area contributed by atoms with Gasteiger partial charge in [-0.3, -0.25) is 4.79 Å². The van der Waals surface area contributed by atoms with Gasteiger partial charge in [0.2, 0.25) is 5.91 Å². The topological polar surface area (TPSA) is 29.1 Å². The number of nitrogens with one attached hydrogen (secondary N) is 1. The Morgan fingerprint density at radius 2 is 1.54 bits per heavy atom. The molecule has 2 aliphatic carbocycles. The van der Waals surface area contributed by atoms with Gasteiger partial charge in [-0.2, -0.15) is 0 Å². The van der Waals surface area contributed by atoms with E-state index in [1.165, 1.54) is 56.9 Å². The Bertz CT molecular complexity index is 515. The van der Waals surface area contributed by atoms with E-state index in [-0.39, 0.29) is 5.91 Å². The van der Waals surface area contributed by atoms with Gasteiger partial charge in [0, 0.05) is 17.5 Å². The molecule has 0 aliphatic heterocycles. The second-order valence-electron chi connectivity index (χ2n) is 7.66. The van der Waals surface area contributed by atoms with Crippen molar-refractivity contribution >= 4 is 17.5 Å². The van der Waals surface area contributed by atoms with Crippen molar-refractivity contribution < 1.29 is 4.79 Å². The average Bonchev–Trinajstić information content (AvgIpc) is 2.62. The van der Waals surface area contributed by atoms with Crippen LogP contribution in [0, 0.1) is 5.92 Å². The number of hydrogen-bond donors (Lipinski definition) is 1. The molecule has 2 saturated carbocycles. The van der Waals surface area contributed by atoms with E-state index in [0.29, 0.717) is 24.3 Å². The Hall–Kier alpha value is -1.02. The summed E-state index contributed by atoms with van der Waals surface area (Å²) >= 11 is 6.06. The summed E-state index contributed by atoms with van der Waals surface area (Å²) in [5.41, 5.74) is 1.28. The molecular formula is C21H30ClNO. The minimum atomic E-state index is 0.243. The highest BCUT2D eigenvalue weighted by molar-refractivity contribution is 6.30. The summed E-state index contributed by atoms with van der Waals surface area (Å²) in [5.74, 6) is 1.22. The van der Waals surface area contributed by atoms with Crippen LogP contribution in [0.4, 0.5) is 0 Å². The molecule has 2 nitrogen and oxygen atoms in total. The summed E-state index contributed by atoms with van der Waals surface area (Å²) in [6.07, 6.45) is 13.2. The quantitative estimate of drug-likeness (QED) is 0.711. The monoisotopic (exact) mass is 347 g/mol. The van der Waals surface area contributed by atoms with Gasteiger partial charge in [0.15, 0.2) is 0 Å². The average molecular weight is 348 g/mol. The Morgan fingerprint density at radius 1 is 0.958 bits per heavy atom. The van der Waals surface area contributed by atoms with E-state index in [2.05, 4.69) is 17.4 Å².